The molecule has 28 heavy (non-hydrogen) atoms. The number of carbonyl (C=O) groups is 1. The number of rotatable bonds is 4. The number of amides is 1. The summed E-state index contributed by atoms with van der Waals surface area (Å²) < 4.78 is 11.0. The average molecular weight is 376 g/mol. The Morgan fingerprint density at radius 1 is 0.964 bits per heavy atom. The standard InChI is InChI=1S/C21H20N4O3/c1-13-3-5-17(14(2)9-13)25-21-22-11-15(12-23-21)20(26)24-16-4-6-18-19(10-16)28-8-7-27-18/h3-6,9-12H,7-8H2,1-2H3,(H,24,26)(H,22,23,25). The predicted molar refractivity (Wildman–Crippen MR) is 107 cm³/mol. The molecule has 7 heteroatoms. The van der Waals surface area contributed by atoms with E-state index in [0.29, 0.717) is 41.9 Å². The second-order valence-electron chi connectivity index (χ2n) is 6.55. The summed E-state index contributed by atoms with van der Waals surface area (Å²) in [5.41, 5.74) is 4.20. The van der Waals surface area contributed by atoms with E-state index in [0.717, 1.165) is 11.3 Å². The Bertz CT molecular complexity index is 1020. The molecule has 0 spiro atoms. The van der Waals surface area contributed by atoms with Gasteiger partial charge in [-0.15, -0.1) is 0 Å². The number of nitrogens with zero attached hydrogens (tertiary/aromatic N) is 2. The number of hydrogen-bond acceptors (Lipinski definition) is 6. The Labute approximate surface area is 162 Å². The predicted octanol–water partition coefficient (Wildman–Crippen LogP) is 3.86. The third-order valence-corrected chi connectivity index (χ3v) is 4.34. The van der Waals surface area contributed by atoms with Crippen LogP contribution in [0.15, 0.2) is 48.8 Å². The summed E-state index contributed by atoms with van der Waals surface area (Å²) in [5.74, 6) is 1.43. The molecule has 0 fully saturated rings. The van der Waals surface area contributed by atoms with Gasteiger partial charge in [0, 0.05) is 29.8 Å². The summed E-state index contributed by atoms with van der Waals surface area (Å²) in [6.07, 6.45) is 2.98. The van der Waals surface area contributed by atoms with Crippen LogP contribution in [0.1, 0.15) is 21.5 Å². The van der Waals surface area contributed by atoms with Crippen LogP contribution in [0.5, 0.6) is 11.5 Å². The maximum atomic E-state index is 12.5. The third kappa shape index (κ3) is 3.88. The van der Waals surface area contributed by atoms with Gasteiger partial charge >= 0.3 is 0 Å². The van der Waals surface area contributed by atoms with E-state index in [1.165, 1.54) is 18.0 Å². The van der Waals surface area contributed by atoms with Gasteiger partial charge in [0.2, 0.25) is 5.95 Å². The summed E-state index contributed by atoms with van der Waals surface area (Å²) in [5, 5.41) is 5.98. The maximum Gasteiger partial charge on any atom is 0.258 e. The number of fused-ring (bicyclic) bond motifs is 1. The topological polar surface area (TPSA) is 85.4 Å². The number of anilines is 3. The number of carbonyl (C=O) groups excluding carboxylic acids is 1. The van der Waals surface area contributed by atoms with Crippen LogP contribution in [0.3, 0.4) is 0 Å². The van der Waals surface area contributed by atoms with Crippen molar-refractivity contribution in [2.45, 2.75) is 13.8 Å². The largest absolute Gasteiger partial charge is 0.486 e. The first-order valence-corrected chi connectivity index (χ1v) is 8.96. The van der Waals surface area contributed by atoms with Crippen LogP contribution in [0.4, 0.5) is 17.3 Å². The van der Waals surface area contributed by atoms with E-state index < -0.39 is 0 Å². The lowest BCUT2D eigenvalue weighted by Crippen LogP contribution is -2.16. The number of benzene rings is 2. The summed E-state index contributed by atoms with van der Waals surface area (Å²) in [7, 11) is 0. The van der Waals surface area contributed by atoms with Gasteiger partial charge in [-0.05, 0) is 37.6 Å². The van der Waals surface area contributed by atoms with Crippen molar-refractivity contribution in [3.8, 4) is 11.5 Å². The quantitative estimate of drug-likeness (QED) is 0.719. The molecule has 3 aromatic rings. The van der Waals surface area contributed by atoms with Gasteiger partial charge in [0.15, 0.2) is 11.5 Å². The van der Waals surface area contributed by atoms with Gasteiger partial charge in [-0.2, -0.15) is 0 Å². The summed E-state index contributed by atoms with van der Waals surface area (Å²) in [4.78, 5) is 20.9. The second-order valence-corrected chi connectivity index (χ2v) is 6.55. The summed E-state index contributed by atoms with van der Waals surface area (Å²) in [6, 6.07) is 11.4. The van der Waals surface area contributed by atoms with E-state index in [4.69, 9.17) is 9.47 Å². The lowest BCUT2D eigenvalue weighted by Gasteiger charge is -2.19. The molecule has 1 aliphatic heterocycles. The summed E-state index contributed by atoms with van der Waals surface area (Å²) in [6.45, 7) is 5.08. The minimum atomic E-state index is -0.297. The van der Waals surface area contributed by atoms with Gasteiger partial charge in [0.25, 0.3) is 5.91 Å². The molecule has 7 nitrogen and oxygen atoms in total. The molecule has 0 saturated heterocycles. The zero-order valence-corrected chi connectivity index (χ0v) is 15.7. The normalized spacial score (nSPS) is 12.4. The van der Waals surface area contributed by atoms with Crippen molar-refractivity contribution < 1.29 is 14.3 Å². The van der Waals surface area contributed by atoms with Gasteiger partial charge in [0.05, 0.1) is 5.56 Å². The fourth-order valence-corrected chi connectivity index (χ4v) is 2.91. The molecule has 1 aliphatic rings. The molecule has 0 unspecified atom stereocenters. The SMILES string of the molecule is Cc1ccc(Nc2ncc(C(=O)Nc3ccc4c(c3)OCCO4)cn2)c(C)c1. The molecule has 142 valence electrons. The van der Waals surface area contributed by atoms with Crippen molar-refractivity contribution in [1.29, 1.82) is 0 Å². The monoisotopic (exact) mass is 376 g/mol. The molecule has 4 rings (SSSR count). The summed E-state index contributed by atoms with van der Waals surface area (Å²) >= 11 is 0. The maximum absolute atomic E-state index is 12.5. The van der Waals surface area contributed by atoms with Gasteiger partial charge in [-0.25, -0.2) is 9.97 Å². The number of aromatic nitrogens is 2. The number of ether oxygens (including phenoxy) is 2. The highest BCUT2D eigenvalue weighted by molar-refractivity contribution is 6.04. The first kappa shape index (κ1) is 17.8. The molecular weight excluding hydrogens is 356 g/mol. The second kappa shape index (κ2) is 7.56. The van der Waals surface area contributed by atoms with Crippen LogP contribution in [0.2, 0.25) is 0 Å². The molecule has 2 N–H and O–H groups in total. The Kier molecular flexibility index (Phi) is 4.80. The molecule has 1 aromatic heterocycles. The average Bonchev–Trinajstić information content (AvgIpc) is 2.70. The highest BCUT2D eigenvalue weighted by atomic mass is 16.6. The number of nitrogens with one attached hydrogen (secondary N) is 2. The van der Waals surface area contributed by atoms with Crippen molar-refractivity contribution in [2.24, 2.45) is 0 Å². The van der Waals surface area contributed by atoms with Crippen LogP contribution in [-0.4, -0.2) is 29.1 Å². The highest BCUT2D eigenvalue weighted by Crippen LogP contribution is 2.32. The van der Waals surface area contributed by atoms with E-state index in [9.17, 15) is 4.79 Å². The Balaban J connectivity index is 1.44. The molecule has 1 amide bonds. The third-order valence-electron chi connectivity index (χ3n) is 4.34. The van der Waals surface area contributed by atoms with Gasteiger partial charge in [-0.3, -0.25) is 4.79 Å². The van der Waals surface area contributed by atoms with Crippen LogP contribution >= 0.6 is 0 Å². The van der Waals surface area contributed by atoms with Gasteiger partial charge in [0.1, 0.15) is 13.2 Å². The first-order valence-electron chi connectivity index (χ1n) is 8.96. The lowest BCUT2D eigenvalue weighted by molar-refractivity contribution is 0.102. The highest BCUT2D eigenvalue weighted by Gasteiger charge is 2.14. The fourth-order valence-electron chi connectivity index (χ4n) is 2.91. The van der Waals surface area contributed by atoms with Crippen molar-refractivity contribution in [3.63, 3.8) is 0 Å². The van der Waals surface area contributed by atoms with Crippen molar-refractivity contribution in [1.82, 2.24) is 9.97 Å². The lowest BCUT2D eigenvalue weighted by atomic mass is 10.1. The van der Waals surface area contributed by atoms with Crippen molar-refractivity contribution in [3.05, 3.63) is 65.5 Å². The minimum absolute atomic E-state index is 0.297. The van der Waals surface area contributed by atoms with Crippen molar-refractivity contribution in [2.75, 3.05) is 23.8 Å². The smallest absolute Gasteiger partial charge is 0.258 e. The molecule has 2 aromatic carbocycles. The molecule has 0 saturated carbocycles. The molecule has 2 heterocycles. The molecular formula is C21H20N4O3. The van der Waals surface area contributed by atoms with Crippen LogP contribution in [-0.2, 0) is 0 Å². The molecule has 0 radical (unpaired) electrons. The Hall–Kier alpha value is -3.61. The van der Waals surface area contributed by atoms with Gasteiger partial charge in [-0.1, -0.05) is 17.7 Å². The van der Waals surface area contributed by atoms with Crippen LogP contribution in [0.25, 0.3) is 0 Å². The van der Waals surface area contributed by atoms with Crippen LogP contribution < -0.4 is 20.1 Å². The van der Waals surface area contributed by atoms with E-state index in [2.05, 4.69) is 26.7 Å². The molecule has 0 bridgehead atoms. The zero-order chi connectivity index (χ0) is 19.5. The van der Waals surface area contributed by atoms with Crippen molar-refractivity contribution >= 4 is 23.2 Å². The molecule has 0 atom stereocenters. The van der Waals surface area contributed by atoms with Crippen LogP contribution in [0, 0.1) is 13.8 Å². The molecule has 0 aliphatic carbocycles. The zero-order valence-electron chi connectivity index (χ0n) is 15.7. The first-order chi connectivity index (χ1) is 13.6. The Morgan fingerprint density at radius 3 is 2.46 bits per heavy atom. The number of hydrogen-bond donors (Lipinski definition) is 2. The number of aryl methyl sites for hydroxylation is 2. The van der Waals surface area contributed by atoms with E-state index in [1.54, 1.807) is 18.2 Å². The fraction of sp³-hybridized carbons (Fsp3) is 0.190. The Morgan fingerprint density at radius 2 is 1.71 bits per heavy atom. The van der Waals surface area contributed by atoms with E-state index >= 15 is 0 Å². The van der Waals surface area contributed by atoms with E-state index in [1.807, 2.05) is 26.0 Å². The van der Waals surface area contributed by atoms with Gasteiger partial charge < -0.3 is 20.1 Å². The van der Waals surface area contributed by atoms with E-state index in [-0.39, 0.29) is 5.91 Å². The minimum Gasteiger partial charge on any atom is -0.486 e.